The summed E-state index contributed by atoms with van der Waals surface area (Å²) in [6, 6.07) is 0. The Labute approximate surface area is 80.1 Å². The van der Waals surface area contributed by atoms with Gasteiger partial charge in [-0.2, -0.15) is 0 Å². The van der Waals surface area contributed by atoms with E-state index >= 15 is 0 Å². The molecule has 0 aromatic carbocycles. The molecule has 0 bridgehead atoms. The zero-order chi connectivity index (χ0) is 9.68. The van der Waals surface area contributed by atoms with Gasteiger partial charge in [0.2, 0.25) is 5.13 Å². The molecule has 0 spiro atoms. The lowest BCUT2D eigenvalue weighted by atomic mass is 10.5. The first-order valence-corrected chi connectivity index (χ1v) is 4.69. The lowest BCUT2D eigenvalue weighted by Gasteiger charge is -1.97. The molecule has 0 unspecified atom stereocenters. The minimum atomic E-state index is -0.207. The molecule has 1 aromatic heterocycles. The molecule has 6 heteroatoms. The summed E-state index contributed by atoms with van der Waals surface area (Å²) in [6.07, 6.45) is 0.831. The van der Waals surface area contributed by atoms with Crippen LogP contribution in [0.5, 0.6) is 0 Å². The second-order valence-corrected chi connectivity index (χ2v) is 3.40. The van der Waals surface area contributed by atoms with Crippen molar-refractivity contribution in [3.8, 4) is 0 Å². The maximum atomic E-state index is 11.0. The van der Waals surface area contributed by atoms with Crippen LogP contribution in [0.25, 0.3) is 0 Å². The minimum Gasteiger partial charge on any atom is -0.375 e. The van der Waals surface area contributed by atoms with Crippen molar-refractivity contribution < 1.29 is 9.53 Å². The van der Waals surface area contributed by atoms with Gasteiger partial charge in [0.05, 0.1) is 0 Å². The third kappa shape index (κ3) is 3.08. The van der Waals surface area contributed by atoms with E-state index in [1.807, 2.05) is 6.92 Å². The Balaban J connectivity index is 2.49. The zero-order valence-corrected chi connectivity index (χ0v) is 8.35. The van der Waals surface area contributed by atoms with Gasteiger partial charge in [0.25, 0.3) is 5.91 Å². The highest BCUT2D eigenvalue weighted by molar-refractivity contribution is 7.15. The van der Waals surface area contributed by atoms with Gasteiger partial charge in [0, 0.05) is 7.11 Å². The molecule has 13 heavy (non-hydrogen) atoms. The average molecular weight is 201 g/mol. The van der Waals surface area contributed by atoms with Crippen LogP contribution in [-0.4, -0.2) is 29.8 Å². The molecule has 1 N–H and O–H groups in total. The van der Waals surface area contributed by atoms with Gasteiger partial charge < -0.3 is 4.74 Å². The summed E-state index contributed by atoms with van der Waals surface area (Å²) in [5.41, 5.74) is 0. The van der Waals surface area contributed by atoms with E-state index in [4.69, 9.17) is 0 Å². The van der Waals surface area contributed by atoms with Crippen molar-refractivity contribution in [2.75, 3.05) is 19.0 Å². The first kappa shape index (κ1) is 10.1. The molecular formula is C7H11N3O2S. The second kappa shape index (κ2) is 4.88. The predicted molar refractivity (Wildman–Crippen MR) is 49.8 cm³/mol. The summed E-state index contributed by atoms with van der Waals surface area (Å²) >= 11 is 1.38. The monoisotopic (exact) mass is 201 g/mol. The van der Waals surface area contributed by atoms with Gasteiger partial charge in [-0.05, 0) is 6.42 Å². The molecule has 1 amide bonds. The fourth-order valence-corrected chi connectivity index (χ4v) is 1.43. The van der Waals surface area contributed by atoms with Gasteiger partial charge in [-0.1, -0.05) is 18.3 Å². The third-order valence-electron chi connectivity index (χ3n) is 1.29. The first-order valence-electron chi connectivity index (χ1n) is 3.87. The summed E-state index contributed by atoms with van der Waals surface area (Å²) in [4.78, 5) is 11.0. The first-order chi connectivity index (χ1) is 6.26. The van der Waals surface area contributed by atoms with Crippen LogP contribution in [0.2, 0.25) is 0 Å². The number of hydrogen-bond acceptors (Lipinski definition) is 5. The Morgan fingerprint density at radius 1 is 1.62 bits per heavy atom. The average Bonchev–Trinajstić information content (AvgIpc) is 2.52. The fraction of sp³-hybridized carbons (Fsp3) is 0.571. The number of nitrogens with one attached hydrogen (secondary N) is 1. The van der Waals surface area contributed by atoms with Crippen LogP contribution >= 0.6 is 11.3 Å². The van der Waals surface area contributed by atoms with Crippen LogP contribution in [0.4, 0.5) is 5.13 Å². The van der Waals surface area contributed by atoms with Crippen LogP contribution in [-0.2, 0) is 16.0 Å². The molecule has 0 fully saturated rings. The van der Waals surface area contributed by atoms with Gasteiger partial charge in [-0.25, -0.2) is 0 Å². The molecule has 0 aliphatic rings. The van der Waals surface area contributed by atoms with Crippen molar-refractivity contribution in [1.29, 1.82) is 0 Å². The maximum absolute atomic E-state index is 11.0. The number of methoxy groups -OCH3 is 1. The molecular weight excluding hydrogens is 190 g/mol. The zero-order valence-electron chi connectivity index (χ0n) is 7.53. The van der Waals surface area contributed by atoms with E-state index < -0.39 is 0 Å². The van der Waals surface area contributed by atoms with Crippen LogP contribution in [0.1, 0.15) is 11.9 Å². The molecule has 1 heterocycles. The Bertz CT molecular complexity index is 287. The standard InChI is InChI=1S/C7H11N3O2S/c1-3-6-9-10-7(13-6)8-5(11)4-12-2/h3-4H2,1-2H3,(H,8,10,11). The molecule has 0 saturated heterocycles. The number of nitrogens with zero attached hydrogens (tertiary/aromatic N) is 2. The van der Waals surface area contributed by atoms with Crippen LogP contribution in [0.3, 0.4) is 0 Å². The number of hydrogen-bond donors (Lipinski definition) is 1. The molecule has 0 aliphatic heterocycles. The normalized spacial score (nSPS) is 10.0. The summed E-state index contributed by atoms with van der Waals surface area (Å²) < 4.78 is 4.65. The number of carbonyl (C=O) groups is 1. The van der Waals surface area contributed by atoms with Gasteiger partial charge in [-0.3, -0.25) is 10.1 Å². The lowest BCUT2D eigenvalue weighted by Crippen LogP contribution is -2.16. The highest BCUT2D eigenvalue weighted by Crippen LogP contribution is 2.14. The van der Waals surface area contributed by atoms with Crippen molar-refractivity contribution in [1.82, 2.24) is 10.2 Å². The van der Waals surface area contributed by atoms with Gasteiger partial charge >= 0.3 is 0 Å². The maximum Gasteiger partial charge on any atom is 0.252 e. The van der Waals surface area contributed by atoms with Crippen molar-refractivity contribution in [2.45, 2.75) is 13.3 Å². The van der Waals surface area contributed by atoms with E-state index in [2.05, 4.69) is 20.3 Å². The summed E-state index contributed by atoms with van der Waals surface area (Å²) in [7, 11) is 1.47. The third-order valence-corrected chi connectivity index (χ3v) is 2.27. The second-order valence-electron chi connectivity index (χ2n) is 2.34. The molecule has 0 aliphatic carbocycles. The predicted octanol–water partition coefficient (Wildman–Crippen LogP) is 0.685. The summed E-state index contributed by atoms with van der Waals surface area (Å²) in [6.45, 7) is 2.03. The fourth-order valence-electron chi connectivity index (χ4n) is 0.733. The van der Waals surface area contributed by atoms with Gasteiger partial charge in [-0.15, -0.1) is 10.2 Å². The Hall–Kier alpha value is -1.01. The highest BCUT2D eigenvalue weighted by Gasteiger charge is 2.05. The van der Waals surface area contributed by atoms with E-state index in [1.165, 1.54) is 18.4 Å². The van der Waals surface area contributed by atoms with Crippen molar-refractivity contribution in [3.63, 3.8) is 0 Å². The molecule has 0 atom stereocenters. The van der Waals surface area contributed by atoms with E-state index in [-0.39, 0.29) is 12.5 Å². The molecule has 1 rings (SSSR count). The smallest absolute Gasteiger partial charge is 0.252 e. The molecule has 0 radical (unpaired) electrons. The lowest BCUT2D eigenvalue weighted by molar-refractivity contribution is -0.119. The topological polar surface area (TPSA) is 64.1 Å². The summed E-state index contributed by atoms with van der Waals surface area (Å²) in [5.74, 6) is -0.207. The Morgan fingerprint density at radius 2 is 2.38 bits per heavy atom. The van der Waals surface area contributed by atoms with Crippen LogP contribution in [0.15, 0.2) is 0 Å². The largest absolute Gasteiger partial charge is 0.375 e. The molecule has 5 nitrogen and oxygen atoms in total. The van der Waals surface area contributed by atoms with E-state index in [0.29, 0.717) is 5.13 Å². The molecule has 0 saturated carbocycles. The van der Waals surface area contributed by atoms with E-state index in [1.54, 1.807) is 0 Å². The number of amides is 1. The van der Waals surface area contributed by atoms with Crippen molar-refractivity contribution in [2.24, 2.45) is 0 Å². The number of anilines is 1. The minimum absolute atomic E-state index is 0.0427. The SMILES string of the molecule is CCc1nnc(NC(=O)COC)s1. The number of ether oxygens (including phenoxy) is 1. The molecule has 1 aromatic rings. The quantitative estimate of drug-likeness (QED) is 0.778. The summed E-state index contributed by atoms with van der Waals surface area (Å²) in [5, 5.41) is 11.7. The van der Waals surface area contributed by atoms with Crippen LogP contribution < -0.4 is 5.32 Å². The Kier molecular flexibility index (Phi) is 3.78. The Morgan fingerprint density at radius 3 is 2.92 bits per heavy atom. The van der Waals surface area contributed by atoms with E-state index in [9.17, 15) is 4.79 Å². The van der Waals surface area contributed by atoms with Gasteiger partial charge in [0.1, 0.15) is 11.6 Å². The number of carbonyl (C=O) groups excluding carboxylic acids is 1. The van der Waals surface area contributed by atoms with Crippen molar-refractivity contribution in [3.05, 3.63) is 5.01 Å². The number of rotatable bonds is 4. The van der Waals surface area contributed by atoms with Crippen molar-refractivity contribution >= 4 is 22.4 Å². The molecule has 72 valence electrons. The van der Waals surface area contributed by atoms with Gasteiger partial charge in [0.15, 0.2) is 0 Å². The highest BCUT2D eigenvalue weighted by atomic mass is 32.1. The number of aromatic nitrogens is 2. The van der Waals surface area contributed by atoms with E-state index in [0.717, 1.165) is 11.4 Å². The number of aryl methyl sites for hydroxylation is 1. The van der Waals surface area contributed by atoms with Crippen LogP contribution in [0, 0.1) is 0 Å².